The molecule has 0 N–H and O–H groups in total. The number of anilines is 1. The van der Waals surface area contributed by atoms with Gasteiger partial charge in [0.1, 0.15) is 12.4 Å². The summed E-state index contributed by atoms with van der Waals surface area (Å²) in [6.07, 6.45) is 1.20. The number of para-hydroxylation sites is 2. The molecule has 2 aliphatic rings. The first-order valence-corrected chi connectivity index (χ1v) is 9.11. The Morgan fingerprint density at radius 3 is 2.70 bits per heavy atom. The summed E-state index contributed by atoms with van der Waals surface area (Å²) in [6.45, 7) is 3.48. The predicted octanol–water partition coefficient (Wildman–Crippen LogP) is 1.72. The van der Waals surface area contributed by atoms with Crippen molar-refractivity contribution in [2.75, 3.05) is 44.8 Å². The van der Waals surface area contributed by atoms with Crippen molar-refractivity contribution in [1.82, 2.24) is 9.88 Å². The molecule has 7 heteroatoms. The van der Waals surface area contributed by atoms with Gasteiger partial charge in [0.15, 0.2) is 11.5 Å². The van der Waals surface area contributed by atoms with Crippen LogP contribution in [0.5, 0.6) is 11.5 Å². The van der Waals surface area contributed by atoms with Gasteiger partial charge in [-0.05, 0) is 18.2 Å². The minimum absolute atomic E-state index is 0.0257. The van der Waals surface area contributed by atoms with Gasteiger partial charge in [-0.3, -0.25) is 4.79 Å². The van der Waals surface area contributed by atoms with E-state index in [1.165, 1.54) is 0 Å². The molecule has 0 spiro atoms. The summed E-state index contributed by atoms with van der Waals surface area (Å²) in [5.74, 6) is 2.21. The molecule has 0 saturated carbocycles. The van der Waals surface area contributed by atoms with E-state index in [0.29, 0.717) is 31.2 Å². The van der Waals surface area contributed by atoms with E-state index in [9.17, 15) is 4.79 Å². The van der Waals surface area contributed by atoms with Crippen LogP contribution in [0.4, 0.5) is 5.82 Å². The van der Waals surface area contributed by atoms with E-state index in [-0.39, 0.29) is 12.5 Å². The molecular formula is C20H23N3O4. The van der Waals surface area contributed by atoms with E-state index in [1.807, 2.05) is 41.3 Å². The molecule has 1 unspecified atom stereocenters. The third-order valence-electron chi connectivity index (χ3n) is 4.84. The lowest BCUT2D eigenvalue weighted by Gasteiger charge is -2.38. The van der Waals surface area contributed by atoms with Crippen molar-refractivity contribution in [1.29, 1.82) is 0 Å². The number of piperazine rings is 1. The summed E-state index contributed by atoms with van der Waals surface area (Å²) < 4.78 is 16.8. The van der Waals surface area contributed by atoms with Crippen LogP contribution < -0.4 is 14.4 Å². The van der Waals surface area contributed by atoms with Crippen molar-refractivity contribution in [3.63, 3.8) is 0 Å². The number of methoxy groups -OCH3 is 1. The molecule has 1 aromatic carbocycles. The van der Waals surface area contributed by atoms with Crippen molar-refractivity contribution in [2.45, 2.75) is 12.7 Å². The highest BCUT2D eigenvalue weighted by Crippen LogP contribution is 2.31. The second-order valence-corrected chi connectivity index (χ2v) is 6.60. The van der Waals surface area contributed by atoms with Crippen LogP contribution in [0.2, 0.25) is 0 Å². The summed E-state index contributed by atoms with van der Waals surface area (Å²) in [5.41, 5.74) is 1.06. The zero-order valence-electron chi connectivity index (χ0n) is 15.3. The first kappa shape index (κ1) is 17.6. The van der Waals surface area contributed by atoms with E-state index in [1.54, 1.807) is 13.3 Å². The van der Waals surface area contributed by atoms with Gasteiger partial charge < -0.3 is 24.0 Å². The van der Waals surface area contributed by atoms with Crippen molar-refractivity contribution in [2.24, 2.45) is 0 Å². The highest BCUT2D eigenvalue weighted by molar-refractivity contribution is 5.82. The number of fused-ring (bicyclic) bond motifs is 1. The van der Waals surface area contributed by atoms with Gasteiger partial charge in [-0.2, -0.15) is 0 Å². The Balaban J connectivity index is 1.38. The lowest BCUT2D eigenvalue weighted by atomic mass is 10.2. The van der Waals surface area contributed by atoms with Gasteiger partial charge in [-0.25, -0.2) is 4.98 Å². The molecular weight excluding hydrogens is 346 g/mol. The molecule has 3 heterocycles. The Morgan fingerprint density at radius 2 is 1.93 bits per heavy atom. The molecule has 142 valence electrons. The van der Waals surface area contributed by atoms with Crippen LogP contribution in [0, 0.1) is 0 Å². The molecule has 0 aliphatic carbocycles. The van der Waals surface area contributed by atoms with Crippen LogP contribution in [0.3, 0.4) is 0 Å². The minimum Gasteiger partial charge on any atom is -0.485 e. The number of hydrogen-bond acceptors (Lipinski definition) is 6. The van der Waals surface area contributed by atoms with Crippen molar-refractivity contribution in [3.8, 4) is 11.5 Å². The molecule has 4 rings (SSSR count). The van der Waals surface area contributed by atoms with Crippen LogP contribution in [0.25, 0.3) is 0 Å². The van der Waals surface area contributed by atoms with E-state index in [0.717, 1.165) is 24.5 Å². The number of pyridine rings is 1. The topological polar surface area (TPSA) is 64.1 Å². The van der Waals surface area contributed by atoms with E-state index >= 15 is 0 Å². The summed E-state index contributed by atoms with van der Waals surface area (Å²) in [7, 11) is 1.68. The molecule has 2 aliphatic heterocycles. The monoisotopic (exact) mass is 369 g/mol. The van der Waals surface area contributed by atoms with Crippen LogP contribution in [0.15, 0.2) is 42.6 Å². The average Bonchev–Trinajstić information content (AvgIpc) is 2.74. The quantitative estimate of drug-likeness (QED) is 0.818. The highest BCUT2D eigenvalue weighted by Gasteiger charge is 2.33. The average molecular weight is 369 g/mol. The zero-order valence-corrected chi connectivity index (χ0v) is 15.3. The minimum atomic E-state index is -0.592. The fraction of sp³-hybridized carbons (Fsp3) is 0.400. The number of carbonyl (C=O) groups is 1. The Bertz CT molecular complexity index is 805. The highest BCUT2D eigenvalue weighted by atomic mass is 16.6. The summed E-state index contributed by atoms with van der Waals surface area (Å²) in [4.78, 5) is 21.4. The molecule has 0 bridgehead atoms. The molecule has 2 aromatic rings. The SMILES string of the molecule is COCc1cccnc1N1CCN(C(=O)C2COc3ccccc3O2)CC1. The fourth-order valence-electron chi connectivity index (χ4n) is 3.47. The largest absolute Gasteiger partial charge is 0.485 e. The van der Waals surface area contributed by atoms with Crippen LogP contribution >= 0.6 is 0 Å². The zero-order chi connectivity index (χ0) is 18.6. The van der Waals surface area contributed by atoms with Gasteiger partial charge >= 0.3 is 0 Å². The van der Waals surface area contributed by atoms with Crippen LogP contribution in [-0.2, 0) is 16.1 Å². The fourth-order valence-corrected chi connectivity index (χ4v) is 3.47. The van der Waals surface area contributed by atoms with Gasteiger partial charge in [0, 0.05) is 45.0 Å². The number of benzene rings is 1. The van der Waals surface area contributed by atoms with Crippen molar-refractivity contribution in [3.05, 3.63) is 48.2 Å². The smallest absolute Gasteiger partial charge is 0.267 e. The van der Waals surface area contributed by atoms with Gasteiger partial charge in [0.25, 0.3) is 5.91 Å². The summed E-state index contributed by atoms with van der Waals surface area (Å²) >= 11 is 0. The number of hydrogen-bond donors (Lipinski definition) is 0. The van der Waals surface area contributed by atoms with Gasteiger partial charge in [-0.1, -0.05) is 18.2 Å². The number of ether oxygens (including phenoxy) is 3. The second kappa shape index (κ2) is 7.84. The Kier molecular flexibility index (Phi) is 5.11. The molecule has 27 heavy (non-hydrogen) atoms. The third-order valence-corrected chi connectivity index (χ3v) is 4.84. The lowest BCUT2D eigenvalue weighted by molar-refractivity contribution is -0.141. The number of rotatable bonds is 4. The van der Waals surface area contributed by atoms with Crippen LogP contribution in [-0.4, -0.2) is 61.8 Å². The molecule has 7 nitrogen and oxygen atoms in total. The Morgan fingerprint density at radius 1 is 1.15 bits per heavy atom. The third kappa shape index (κ3) is 3.68. The Hall–Kier alpha value is -2.80. The van der Waals surface area contributed by atoms with Gasteiger partial charge in [-0.15, -0.1) is 0 Å². The molecule has 1 fully saturated rings. The Labute approximate surface area is 158 Å². The molecule has 1 aromatic heterocycles. The number of carbonyl (C=O) groups excluding carboxylic acids is 1. The normalized spacial score (nSPS) is 19.1. The number of nitrogens with zero attached hydrogens (tertiary/aromatic N) is 3. The molecule has 1 saturated heterocycles. The standard InChI is InChI=1S/C20H23N3O4/c1-25-13-15-5-4-8-21-19(15)22-9-11-23(12-10-22)20(24)18-14-26-16-6-2-3-7-17(16)27-18/h2-8,18H,9-14H2,1H3. The maximum Gasteiger partial charge on any atom is 0.267 e. The maximum atomic E-state index is 12.8. The second-order valence-electron chi connectivity index (χ2n) is 6.60. The van der Waals surface area contributed by atoms with Crippen molar-refractivity contribution < 1.29 is 19.0 Å². The van der Waals surface area contributed by atoms with Gasteiger partial charge in [0.05, 0.1) is 6.61 Å². The predicted molar refractivity (Wildman–Crippen MR) is 100 cm³/mol. The van der Waals surface area contributed by atoms with E-state index in [2.05, 4.69) is 9.88 Å². The first-order chi connectivity index (χ1) is 13.3. The van der Waals surface area contributed by atoms with Crippen LogP contribution in [0.1, 0.15) is 5.56 Å². The maximum absolute atomic E-state index is 12.8. The number of aromatic nitrogens is 1. The molecule has 1 atom stereocenters. The number of amides is 1. The van der Waals surface area contributed by atoms with E-state index in [4.69, 9.17) is 14.2 Å². The first-order valence-electron chi connectivity index (χ1n) is 9.11. The van der Waals surface area contributed by atoms with E-state index < -0.39 is 6.10 Å². The van der Waals surface area contributed by atoms with Gasteiger partial charge in [0.2, 0.25) is 6.10 Å². The molecule has 0 radical (unpaired) electrons. The summed E-state index contributed by atoms with van der Waals surface area (Å²) in [5, 5.41) is 0. The summed E-state index contributed by atoms with van der Waals surface area (Å²) in [6, 6.07) is 11.4. The van der Waals surface area contributed by atoms with Crippen molar-refractivity contribution >= 4 is 11.7 Å². The molecule has 1 amide bonds. The lowest BCUT2D eigenvalue weighted by Crippen LogP contribution is -2.54.